The van der Waals surface area contributed by atoms with Crippen molar-refractivity contribution >= 4 is 29.1 Å². The molecule has 0 fully saturated rings. The molecular weight excluding hydrogens is 348 g/mol. The van der Waals surface area contributed by atoms with Gasteiger partial charge in [-0.15, -0.1) is 0 Å². The van der Waals surface area contributed by atoms with Gasteiger partial charge in [-0.25, -0.2) is 0 Å². The van der Waals surface area contributed by atoms with E-state index in [1.807, 2.05) is 30.3 Å². The summed E-state index contributed by atoms with van der Waals surface area (Å²) in [5.74, 6) is -0.421. The van der Waals surface area contributed by atoms with E-state index in [4.69, 9.17) is 11.6 Å². The van der Waals surface area contributed by atoms with Crippen molar-refractivity contribution in [2.75, 3.05) is 5.32 Å². The Morgan fingerprint density at radius 2 is 1.50 bits per heavy atom. The van der Waals surface area contributed by atoms with Gasteiger partial charge < -0.3 is 10.6 Å². The average Bonchev–Trinajstić information content (AvgIpc) is 2.67. The molecule has 0 spiro atoms. The van der Waals surface area contributed by atoms with Gasteiger partial charge in [0, 0.05) is 28.4 Å². The summed E-state index contributed by atoms with van der Waals surface area (Å²) in [6, 6.07) is 23.2. The van der Waals surface area contributed by atoms with Crippen LogP contribution in [0.25, 0.3) is 0 Å². The van der Waals surface area contributed by atoms with Crippen LogP contribution in [0.1, 0.15) is 26.3 Å². The molecule has 2 amide bonds. The highest BCUT2D eigenvalue weighted by molar-refractivity contribution is 6.31. The molecule has 3 aromatic carbocycles. The van der Waals surface area contributed by atoms with Crippen molar-refractivity contribution in [3.05, 3.63) is 101 Å². The van der Waals surface area contributed by atoms with E-state index in [9.17, 15) is 9.59 Å². The number of carbonyl (C=O) groups excluding carboxylic acids is 2. The van der Waals surface area contributed by atoms with Crippen LogP contribution < -0.4 is 10.6 Å². The number of amides is 2. The molecule has 0 unspecified atom stereocenters. The van der Waals surface area contributed by atoms with Crippen molar-refractivity contribution in [1.29, 1.82) is 0 Å². The molecule has 0 heterocycles. The zero-order chi connectivity index (χ0) is 18.4. The van der Waals surface area contributed by atoms with Crippen molar-refractivity contribution in [1.82, 2.24) is 5.32 Å². The molecule has 2 N–H and O–H groups in total. The molecule has 0 aliphatic carbocycles. The predicted octanol–water partition coefficient (Wildman–Crippen LogP) is 4.52. The maximum absolute atomic E-state index is 12.2. The minimum absolute atomic E-state index is 0.165. The van der Waals surface area contributed by atoms with Crippen LogP contribution in [0.2, 0.25) is 5.02 Å². The Morgan fingerprint density at radius 3 is 2.19 bits per heavy atom. The second kappa shape index (κ2) is 8.32. The van der Waals surface area contributed by atoms with Crippen molar-refractivity contribution in [2.24, 2.45) is 0 Å². The summed E-state index contributed by atoms with van der Waals surface area (Å²) in [6.07, 6.45) is 0. The summed E-state index contributed by atoms with van der Waals surface area (Å²) in [5.41, 5.74) is 2.64. The van der Waals surface area contributed by atoms with Gasteiger partial charge in [-0.3, -0.25) is 9.59 Å². The van der Waals surface area contributed by atoms with E-state index in [1.54, 1.807) is 48.5 Å². The second-order valence-corrected chi connectivity index (χ2v) is 6.15. The van der Waals surface area contributed by atoms with Crippen molar-refractivity contribution < 1.29 is 9.59 Å². The average molecular weight is 365 g/mol. The maximum Gasteiger partial charge on any atom is 0.255 e. The first-order valence-corrected chi connectivity index (χ1v) is 8.49. The molecule has 3 rings (SSSR count). The number of anilines is 1. The lowest BCUT2D eigenvalue weighted by Crippen LogP contribution is -2.22. The highest BCUT2D eigenvalue weighted by atomic mass is 35.5. The maximum atomic E-state index is 12.2. The summed E-state index contributed by atoms with van der Waals surface area (Å²) in [4.78, 5) is 24.4. The number of hydrogen-bond donors (Lipinski definition) is 2. The summed E-state index contributed by atoms with van der Waals surface area (Å²) in [6.45, 7) is 0.465. The molecule has 3 aromatic rings. The van der Waals surface area contributed by atoms with Crippen LogP contribution in [0.15, 0.2) is 78.9 Å². The fraction of sp³-hybridized carbons (Fsp3) is 0.0476. The number of nitrogens with one attached hydrogen (secondary N) is 2. The number of benzene rings is 3. The smallest absolute Gasteiger partial charge is 0.255 e. The van der Waals surface area contributed by atoms with Gasteiger partial charge >= 0.3 is 0 Å². The van der Waals surface area contributed by atoms with E-state index in [0.29, 0.717) is 28.4 Å². The van der Waals surface area contributed by atoms with Gasteiger partial charge in [0.05, 0.1) is 0 Å². The van der Waals surface area contributed by atoms with E-state index >= 15 is 0 Å². The lowest BCUT2D eigenvalue weighted by molar-refractivity contribution is 0.0950. The molecule has 0 bridgehead atoms. The molecule has 5 heteroatoms. The van der Waals surface area contributed by atoms with E-state index < -0.39 is 0 Å². The van der Waals surface area contributed by atoms with Gasteiger partial charge in [-0.05, 0) is 48.0 Å². The molecule has 0 aromatic heterocycles. The Morgan fingerprint density at radius 1 is 0.769 bits per heavy atom. The van der Waals surface area contributed by atoms with Crippen molar-refractivity contribution in [3.63, 3.8) is 0 Å². The summed E-state index contributed by atoms with van der Waals surface area (Å²) in [5, 5.41) is 6.15. The minimum Gasteiger partial charge on any atom is -0.348 e. The Hall–Kier alpha value is -3.11. The quantitative estimate of drug-likeness (QED) is 0.699. The zero-order valence-electron chi connectivity index (χ0n) is 13.9. The van der Waals surface area contributed by atoms with Gasteiger partial charge in [0.25, 0.3) is 11.8 Å². The van der Waals surface area contributed by atoms with Gasteiger partial charge in [-0.1, -0.05) is 48.0 Å². The third-order valence-corrected chi connectivity index (χ3v) is 4.02. The molecule has 0 atom stereocenters. The van der Waals surface area contributed by atoms with Gasteiger partial charge in [0.1, 0.15) is 0 Å². The van der Waals surface area contributed by atoms with Crippen LogP contribution in [0.4, 0.5) is 5.69 Å². The SMILES string of the molecule is O=C(NCc1ccccc1)c1ccc(NC(=O)c2cccc(Cl)c2)cc1. The van der Waals surface area contributed by atoms with Crippen LogP contribution in [0, 0.1) is 0 Å². The Balaban J connectivity index is 1.59. The molecule has 0 radical (unpaired) electrons. The first-order valence-electron chi connectivity index (χ1n) is 8.11. The molecule has 130 valence electrons. The summed E-state index contributed by atoms with van der Waals surface area (Å²) in [7, 11) is 0. The highest BCUT2D eigenvalue weighted by Crippen LogP contribution is 2.14. The molecule has 4 nitrogen and oxygen atoms in total. The largest absolute Gasteiger partial charge is 0.348 e. The number of rotatable bonds is 5. The van der Waals surface area contributed by atoms with Crippen LogP contribution in [-0.4, -0.2) is 11.8 Å². The Kier molecular flexibility index (Phi) is 5.66. The fourth-order valence-electron chi connectivity index (χ4n) is 2.42. The highest BCUT2D eigenvalue weighted by Gasteiger charge is 2.08. The number of halogens is 1. The standard InChI is InChI=1S/C21H17ClN2O2/c22-18-8-4-7-17(13-18)21(26)24-19-11-9-16(10-12-19)20(25)23-14-15-5-2-1-3-6-15/h1-13H,14H2,(H,23,25)(H,24,26). The van der Waals surface area contributed by atoms with Gasteiger partial charge in [-0.2, -0.15) is 0 Å². The predicted molar refractivity (Wildman–Crippen MR) is 103 cm³/mol. The first-order chi connectivity index (χ1) is 12.6. The topological polar surface area (TPSA) is 58.2 Å². The molecule has 26 heavy (non-hydrogen) atoms. The molecule has 0 saturated heterocycles. The van der Waals surface area contributed by atoms with Crippen LogP contribution in [0.3, 0.4) is 0 Å². The number of carbonyl (C=O) groups is 2. The third-order valence-electron chi connectivity index (χ3n) is 3.79. The molecule has 0 aliphatic rings. The van der Waals surface area contributed by atoms with Gasteiger partial charge in [0.15, 0.2) is 0 Å². The van der Waals surface area contributed by atoms with Crippen molar-refractivity contribution in [3.8, 4) is 0 Å². The lowest BCUT2D eigenvalue weighted by Gasteiger charge is -2.08. The van der Waals surface area contributed by atoms with Crippen LogP contribution in [0.5, 0.6) is 0 Å². The van der Waals surface area contributed by atoms with Crippen LogP contribution in [-0.2, 0) is 6.54 Å². The molecule has 0 aliphatic heterocycles. The summed E-state index contributed by atoms with van der Waals surface area (Å²) < 4.78 is 0. The van der Waals surface area contributed by atoms with Gasteiger partial charge in [0.2, 0.25) is 0 Å². The number of hydrogen-bond acceptors (Lipinski definition) is 2. The Bertz CT molecular complexity index is 909. The van der Waals surface area contributed by atoms with E-state index in [0.717, 1.165) is 5.56 Å². The fourth-order valence-corrected chi connectivity index (χ4v) is 2.61. The van der Waals surface area contributed by atoms with E-state index in [-0.39, 0.29) is 11.8 Å². The lowest BCUT2D eigenvalue weighted by atomic mass is 10.1. The second-order valence-electron chi connectivity index (χ2n) is 5.71. The third kappa shape index (κ3) is 4.71. The normalized spacial score (nSPS) is 10.2. The van der Waals surface area contributed by atoms with Crippen molar-refractivity contribution in [2.45, 2.75) is 6.54 Å². The molecular formula is C21H17ClN2O2. The summed E-state index contributed by atoms with van der Waals surface area (Å²) >= 11 is 5.90. The first kappa shape index (κ1) is 17.7. The molecule has 0 saturated carbocycles. The Labute approximate surface area is 156 Å². The van der Waals surface area contributed by atoms with Crippen LogP contribution >= 0.6 is 11.6 Å². The monoisotopic (exact) mass is 364 g/mol. The van der Waals surface area contributed by atoms with E-state index in [1.165, 1.54) is 0 Å². The van der Waals surface area contributed by atoms with E-state index in [2.05, 4.69) is 10.6 Å². The minimum atomic E-state index is -0.256. The zero-order valence-corrected chi connectivity index (χ0v) is 14.7.